The molecule has 0 saturated heterocycles. The molecule has 0 saturated carbocycles. The smallest absolute Gasteiger partial charge is 0.259 e. The molecule has 5 aromatic rings. The van der Waals surface area contributed by atoms with Gasteiger partial charge >= 0.3 is 0 Å². The van der Waals surface area contributed by atoms with E-state index in [1.807, 2.05) is 79.0 Å². The lowest BCUT2D eigenvalue weighted by atomic mass is 9.95. The SMILES string of the molecule is N=C(N)SCCCn1cc(C2=C(c3c[nH]c4ccccc34)C(=O)NC2=O)c2cc(OCc3ccccc3)ccc21. The zero-order valence-corrected chi connectivity index (χ0v) is 22.4. The molecule has 3 heterocycles. The normalized spacial score (nSPS) is 13.4. The second kappa shape index (κ2) is 10.8. The van der Waals surface area contributed by atoms with Gasteiger partial charge in [-0.05, 0) is 36.2 Å². The fraction of sp³-hybridized carbons (Fsp3) is 0.129. The number of ether oxygens (including phenoxy) is 1. The van der Waals surface area contributed by atoms with Crippen LogP contribution in [-0.4, -0.2) is 32.3 Å². The lowest BCUT2D eigenvalue weighted by Gasteiger charge is -2.08. The standard InChI is InChI=1S/C31H27N5O3S/c32-31(33)40-14-6-13-36-17-24(22-15-20(11-12-26(22)36)39-18-19-7-2-1-3-8-19)28-27(29(37)35-30(28)38)23-16-34-25-10-5-4-9-21(23)25/h1-5,7-12,15-17,34H,6,13-14,18H2,(H3,32,33)(H,35,37,38). The Morgan fingerprint density at radius 1 is 0.925 bits per heavy atom. The molecule has 0 radical (unpaired) electrons. The molecule has 2 amide bonds. The van der Waals surface area contributed by atoms with E-state index in [4.69, 9.17) is 15.9 Å². The highest BCUT2D eigenvalue weighted by Gasteiger charge is 2.35. The number of imide groups is 1. The number of aryl methyl sites for hydroxylation is 1. The van der Waals surface area contributed by atoms with E-state index in [9.17, 15) is 9.59 Å². The van der Waals surface area contributed by atoms with E-state index in [-0.39, 0.29) is 5.17 Å². The number of nitrogens with one attached hydrogen (secondary N) is 3. The lowest BCUT2D eigenvalue weighted by Crippen LogP contribution is -2.22. The third-order valence-electron chi connectivity index (χ3n) is 6.96. The van der Waals surface area contributed by atoms with E-state index < -0.39 is 11.8 Å². The molecule has 8 nitrogen and oxygen atoms in total. The van der Waals surface area contributed by atoms with Crippen LogP contribution in [0, 0.1) is 5.41 Å². The van der Waals surface area contributed by atoms with E-state index in [0.29, 0.717) is 46.9 Å². The molecule has 0 atom stereocenters. The van der Waals surface area contributed by atoms with Crippen molar-refractivity contribution in [3.8, 4) is 5.75 Å². The van der Waals surface area contributed by atoms with Gasteiger partial charge in [0.2, 0.25) is 0 Å². The molecular formula is C31H27N5O3S. The Hall–Kier alpha value is -4.76. The summed E-state index contributed by atoms with van der Waals surface area (Å²) >= 11 is 1.30. The molecule has 2 aromatic heterocycles. The Morgan fingerprint density at radius 3 is 2.48 bits per heavy atom. The van der Waals surface area contributed by atoms with Crippen molar-refractivity contribution in [3.05, 3.63) is 102 Å². The number of aromatic nitrogens is 2. The van der Waals surface area contributed by atoms with Gasteiger partial charge in [0.05, 0.1) is 11.1 Å². The van der Waals surface area contributed by atoms with Crippen molar-refractivity contribution in [1.82, 2.24) is 14.9 Å². The molecule has 9 heteroatoms. The molecule has 0 spiro atoms. The van der Waals surface area contributed by atoms with Gasteiger partial charge in [-0.3, -0.25) is 20.3 Å². The van der Waals surface area contributed by atoms with Gasteiger partial charge in [0.1, 0.15) is 12.4 Å². The zero-order valence-electron chi connectivity index (χ0n) is 21.6. The number of H-pyrrole nitrogens is 1. The van der Waals surface area contributed by atoms with E-state index in [0.717, 1.165) is 33.8 Å². The highest BCUT2D eigenvalue weighted by molar-refractivity contribution is 8.13. The minimum atomic E-state index is -0.424. The van der Waals surface area contributed by atoms with Crippen LogP contribution in [0.4, 0.5) is 0 Å². The summed E-state index contributed by atoms with van der Waals surface area (Å²) in [7, 11) is 0. The number of nitrogens with two attached hydrogens (primary N) is 1. The van der Waals surface area contributed by atoms with Crippen molar-refractivity contribution in [2.45, 2.75) is 19.6 Å². The van der Waals surface area contributed by atoms with Gasteiger partial charge in [-0.1, -0.05) is 60.3 Å². The van der Waals surface area contributed by atoms with Crippen LogP contribution in [0.3, 0.4) is 0 Å². The molecule has 0 bridgehead atoms. The van der Waals surface area contributed by atoms with Gasteiger partial charge in [0.15, 0.2) is 5.17 Å². The van der Waals surface area contributed by atoms with E-state index >= 15 is 0 Å². The van der Waals surface area contributed by atoms with Crippen LogP contribution in [0.15, 0.2) is 85.2 Å². The van der Waals surface area contributed by atoms with E-state index in [1.54, 1.807) is 6.20 Å². The number of hydrogen-bond donors (Lipinski definition) is 4. The number of nitrogens with zero attached hydrogens (tertiary/aromatic N) is 1. The first-order valence-corrected chi connectivity index (χ1v) is 13.9. The summed E-state index contributed by atoms with van der Waals surface area (Å²) in [6.07, 6.45) is 4.50. The van der Waals surface area contributed by atoms with Gasteiger partial charge in [0, 0.05) is 57.6 Å². The van der Waals surface area contributed by atoms with Crippen molar-refractivity contribution in [2.75, 3.05) is 5.75 Å². The van der Waals surface area contributed by atoms with Gasteiger partial charge in [-0.15, -0.1) is 0 Å². The minimum absolute atomic E-state index is 0.0907. The van der Waals surface area contributed by atoms with Crippen LogP contribution in [0.2, 0.25) is 0 Å². The maximum atomic E-state index is 13.3. The summed E-state index contributed by atoms with van der Waals surface area (Å²) in [5.74, 6) is 0.527. The summed E-state index contributed by atoms with van der Waals surface area (Å²) in [4.78, 5) is 29.7. The summed E-state index contributed by atoms with van der Waals surface area (Å²) in [5.41, 5.74) is 10.4. The average Bonchev–Trinajstić information content (AvgIpc) is 3.62. The number of benzene rings is 3. The molecule has 1 aliphatic heterocycles. The monoisotopic (exact) mass is 549 g/mol. The number of carbonyl (C=O) groups is 2. The second-order valence-electron chi connectivity index (χ2n) is 9.54. The van der Waals surface area contributed by atoms with Gasteiger partial charge in [-0.25, -0.2) is 0 Å². The summed E-state index contributed by atoms with van der Waals surface area (Å²) in [6, 6.07) is 23.5. The van der Waals surface area contributed by atoms with Crippen molar-refractivity contribution in [1.29, 1.82) is 5.41 Å². The quantitative estimate of drug-likeness (QED) is 0.0861. The maximum Gasteiger partial charge on any atom is 0.259 e. The highest BCUT2D eigenvalue weighted by Crippen LogP contribution is 2.39. The maximum absolute atomic E-state index is 13.3. The third kappa shape index (κ3) is 4.87. The summed E-state index contributed by atoms with van der Waals surface area (Å²) in [6.45, 7) is 1.07. The Morgan fingerprint density at radius 2 is 1.68 bits per heavy atom. The van der Waals surface area contributed by atoms with Gasteiger partial charge < -0.3 is 20.0 Å². The topological polar surface area (TPSA) is 126 Å². The molecule has 0 aliphatic carbocycles. The van der Waals surface area contributed by atoms with Crippen LogP contribution in [0.1, 0.15) is 23.1 Å². The Labute approximate surface area is 234 Å². The molecule has 6 rings (SSSR count). The van der Waals surface area contributed by atoms with Crippen LogP contribution >= 0.6 is 11.8 Å². The molecule has 0 unspecified atom stereocenters. The first kappa shape index (κ1) is 25.5. The number of hydrogen-bond acceptors (Lipinski definition) is 5. The predicted octanol–water partition coefficient (Wildman–Crippen LogP) is 5.29. The first-order valence-electron chi connectivity index (χ1n) is 12.9. The highest BCUT2D eigenvalue weighted by atomic mass is 32.2. The third-order valence-corrected chi connectivity index (χ3v) is 7.76. The second-order valence-corrected chi connectivity index (χ2v) is 10.7. The zero-order chi connectivity index (χ0) is 27.6. The van der Waals surface area contributed by atoms with Gasteiger partial charge in [0.25, 0.3) is 11.8 Å². The number of rotatable bonds is 9. The van der Waals surface area contributed by atoms with Crippen molar-refractivity contribution in [3.63, 3.8) is 0 Å². The summed E-state index contributed by atoms with van der Waals surface area (Å²) < 4.78 is 8.20. The average molecular weight is 550 g/mol. The number of amidine groups is 1. The fourth-order valence-corrected chi connectivity index (χ4v) is 5.65. The fourth-order valence-electron chi connectivity index (χ4n) is 5.16. The minimum Gasteiger partial charge on any atom is -0.489 e. The number of para-hydroxylation sites is 1. The van der Waals surface area contributed by atoms with Crippen LogP contribution in [0.5, 0.6) is 5.75 Å². The summed E-state index contributed by atoms with van der Waals surface area (Å²) in [5, 5.41) is 11.8. The van der Waals surface area contributed by atoms with Crippen LogP contribution in [0.25, 0.3) is 33.0 Å². The number of carbonyl (C=O) groups excluding carboxylic acids is 2. The number of thioether (sulfide) groups is 1. The predicted molar refractivity (Wildman–Crippen MR) is 160 cm³/mol. The number of fused-ring (bicyclic) bond motifs is 2. The van der Waals surface area contributed by atoms with E-state index in [1.165, 1.54) is 11.8 Å². The molecule has 5 N–H and O–H groups in total. The molecule has 1 aliphatic rings. The van der Waals surface area contributed by atoms with Crippen LogP contribution < -0.4 is 15.8 Å². The Balaban J connectivity index is 1.46. The first-order chi connectivity index (χ1) is 19.5. The molecule has 3 aromatic carbocycles. The Kier molecular flexibility index (Phi) is 6.88. The Bertz CT molecular complexity index is 1800. The van der Waals surface area contributed by atoms with Crippen LogP contribution in [-0.2, 0) is 22.7 Å². The lowest BCUT2D eigenvalue weighted by molar-refractivity contribution is -0.122. The molecular weight excluding hydrogens is 522 g/mol. The van der Waals surface area contributed by atoms with Crippen molar-refractivity contribution >= 4 is 61.7 Å². The number of aromatic amines is 1. The largest absolute Gasteiger partial charge is 0.489 e. The van der Waals surface area contributed by atoms with Gasteiger partial charge in [-0.2, -0.15) is 0 Å². The molecule has 40 heavy (non-hydrogen) atoms. The van der Waals surface area contributed by atoms with Crippen molar-refractivity contribution < 1.29 is 14.3 Å². The molecule has 0 fully saturated rings. The number of amides is 2. The molecule has 200 valence electrons. The van der Waals surface area contributed by atoms with Crippen molar-refractivity contribution in [2.24, 2.45) is 5.73 Å². The van der Waals surface area contributed by atoms with E-state index in [2.05, 4.69) is 14.9 Å².